The molecule has 1 fully saturated rings. The van der Waals surface area contributed by atoms with Crippen molar-refractivity contribution in [2.75, 3.05) is 31.2 Å². The van der Waals surface area contributed by atoms with E-state index in [0.29, 0.717) is 25.1 Å². The van der Waals surface area contributed by atoms with Crippen LogP contribution in [0.25, 0.3) is 0 Å². The molecular weight excluding hydrogens is 627 g/mol. The lowest BCUT2D eigenvalue weighted by atomic mass is 9.97. The van der Waals surface area contributed by atoms with Crippen molar-refractivity contribution >= 4 is 31.0 Å². The van der Waals surface area contributed by atoms with Gasteiger partial charge in [-0.25, -0.2) is 0 Å². The maximum absolute atomic E-state index is 12.6. The molecule has 6 N–H and O–H groups in total. The Hall–Kier alpha value is -2.72. The smallest absolute Gasteiger partial charge is 0.325 e. The maximum atomic E-state index is 12.6. The highest BCUT2D eigenvalue weighted by Crippen LogP contribution is 2.37. The molecule has 2 aliphatic rings. The first-order valence-electron chi connectivity index (χ1n) is 15.0. The van der Waals surface area contributed by atoms with Gasteiger partial charge in [-0.2, -0.15) is 0 Å². The van der Waals surface area contributed by atoms with Crippen LogP contribution in [0.3, 0.4) is 0 Å². The van der Waals surface area contributed by atoms with E-state index in [1.165, 1.54) is 24.3 Å². The van der Waals surface area contributed by atoms with Gasteiger partial charge >= 0.3 is 7.60 Å². The van der Waals surface area contributed by atoms with Crippen molar-refractivity contribution in [1.82, 2.24) is 4.90 Å². The van der Waals surface area contributed by atoms with Crippen molar-refractivity contribution in [2.24, 2.45) is 0 Å². The molecule has 1 aromatic carbocycles. The minimum Gasteiger partial charge on any atom is -0.462 e. The molecule has 15 nitrogen and oxygen atoms in total. The number of nitrogens with zero attached hydrogens (tertiary/aromatic N) is 1. The predicted octanol–water partition coefficient (Wildman–Crippen LogP) is 1.06. The highest BCUT2D eigenvalue weighted by atomic mass is 31.2. The molecule has 16 heteroatoms. The van der Waals surface area contributed by atoms with Gasteiger partial charge in [0.1, 0.15) is 24.1 Å². The van der Waals surface area contributed by atoms with Crippen LogP contribution in [0.2, 0.25) is 0 Å². The number of carbonyl (C=O) groups is 3. The summed E-state index contributed by atoms with van der Waals surface area (Å²) in [6.07, 6.45) is -4.65. The first-order valence-corrected chi connectivity index (χ1v) is 16.8. The average Bonchev–Trinajstić information content (AvgIpc) is 3.28. The Morgan fingerprint density at radius 2 is 1.50 bits per heavy atom. The number of imide groups is 1. The third kappa shape index (κ3) is 11.8. The predicted molar refractivity (Wildman–Crippen MR) is 164 cm³/mol. The number of ether oxygens (including phenoxy) is 4. The molecule has 3 rings (SSSR count). The van der Waals surface area contributed by atoms with Gasteiger partial charge in [0.25, 0.3) is 11.8 Å². The Balaban J connectivity index is 1.39. The number of nitrogens with one attached hydrogen (secondary N) is 1. The van der Waals surface area contributed by atoms with E-state index in [9.17, 15) is 34.3 Å². The number of anilines is 1. The van der Waals surface area contributed by atoms with Gasteiger partial charge in [0.05, 0.1) is 43.2 Å². The fourth-order valence-corrected chi connectivity index (χ4v) is 5.31. The quantitative estimate of drug-likeness (QED) is 0.101. The van der Waals surface area contributed by atoms with E-state index in [-0.39, 0.29) is 49.5 Å². The lowest BCUT2D eigenvalue weighted by Gasteiger charge is -2.40. The molecule has 46 heavy (non-hydrogen) atoms. The standard InChI is InChI=1S/C30H45N2O13P/c1-29(2,42-16-14-30(3,4)43-17-15-32-23(34)9-10-24(32)35)13-11-22(33)31-19-5-7-20(8-6-19)44-28-27(38)26(37)25(36)21(45-28)12-18-46(39,40)41/h5-10,21,25-28,36-38H,11-18H2,1-4H3,(H,31,33)(H2,39,40,41)/t21-,25-,26+,27+,28+/m1/s1. The number of benzene rings is 1. The Kier molecular flexibility index (Phi) is 13.1. The average molecular weight is 673 g/mol. The fraction of sp³-hybridized carbons (Fsp3) is 0.633. The second-order valence-corrected chi connectivity index (χ2v) is 14.3. The van der Waals surface area contributed by atoms with Gasteiger partial charge in [0.15, 0.2) is 0 Å². The lowest BCUT2D eigenvalue weighted by Crippen LogP contribution is -2.59. The van der Waals surface area contributed by atoms with Crippen LogP contribution in [0.5, 0.6) is 5.75 Å². The zero-order valence-electron chi connectivity index (χ0n) is 26.4. The summed E-state index contributed by atoms with van der Waals surface area (Å²) >= 11 is 0. The van der Waals surface area contributed by atoms with Crippen molar-refractivity contribution in [3.8, 4) is 5.75 Å². The molecule has 2 heterocycles. The van der Waals surface area contributed by atoms with E-state index in [2.05, 4.69) is 5.32 Å². The van der Waals surface area contributed by atoms with Gasteiger partial charge in [0.2, 0.25) is 12.2 Å². The monoisotopic (exact) mass is 672 g/mol. The van der Waals surface area contributed by atoms with Gasteiger partial charge < -0.3 is 49.4 Å². The summed E-state index contributed by atoms with van der Waals surface area (Å²) in [6, 6.07) is 6.13. The van der Waals surface area contributed by atoms with E-state index < -0.39 is 55.7 Å². The van der Waals surface area contributed by atoms with Gasteiger partial charge in [-0.05, 0) is 71.2 Å². The number of carbonyl (C=O) groups excluding carboxylic acids is 3. The SMILES string of the molecule is CC(C)(CCOC(C)(C)CCC(=O)Nc1ccc(O[C@H]2O[C@H](CCP(=O)(O)O)[C@@H](O)[C@H](O)[C@@H]2O)cc1)OCCN1C(=O)C=CC1=O. The van der Waals surface area contributed by atoms with Crippen molar-refractivity contribution in [3.05, 3.63) is 36.4 Å². The minimum atomic E-state index is -4.37. The molecular formula is C30H45N2O13P. The minimum absolute atomic E-state index is 0.170. The normalized spacial score (nSPS) is 24.0. The van der Waals surface area contributed by atoms with E-state index in [0.717, 1.165) is 4.90 Å². The summed E-state index contributed by atoms with van der Waals surface area (Å²) in [4.78, 5) is 55.3. The zero-order valence-corrected chi connectivity index (χ0v) is 27.3. The summed E-state index contributed by atoms with van der Waals surface area (Å²) in [5.74, 6) is -0.728. The summed E-state index contributed by atoms with van der Waals surface area (Å²) in [5, 5.41) is 33.4. The van der Waals surface area contributed by atoms with Gasteiger partial charge in [0, 0.05) is 24.3 Å². The van der Waals surface area contributed by atoms with E-state index in [1.807, 2.05) is 27.7 Å². The molecule has 0 spiro atoms. The van der Waals surface area contributed by atoms with Crippen LogP contribution in [0, 0.1) is 0 Å². The lowest BCUT2D eigenvalue weighted by molar-refractivity contribution is -0.272. The summed E-state index contributed by atoms with van der Waals surface area (Å²) in [5.41, 5.74) is -0.686. The third-order valence-electron chi connectivity index (χ3n) is 7.62. The fourth-order valence-electron chi connectivity index (χ4n) is 4.72. The maximum Gasteiger partial charge on any atom is 0.325 e. The molecule has 5 atom stereocenters. The molecule has 0 aromatic heterocycles. The van der Waals surface area contributed by atoms with E-state index in [1.54, 1.807) is 12.1 Å². The summed E-state index contributed by atoms with van der Waals surface area (Å²) in [7, 11) is -4.37. The van der Waals surface area contributed by atoms with E-state index >= 15 is 0 Å². The number of rotatable bonds is 17. The zero-order chi connectivity index (χ0) is 34.3. The molecule has 0 aliphatic carbocycles. The number of aliphatic hydroxyl groups is 3. The topological polar surface area (TPSA) is 222 Å². The molecule has 258 valence electrons. The molecule has 0 bridgehead atoms. The molecule has 1 aromatic rings. The Morgan fingerprint density at radius 1 is 0.913 bits per heavy atom. The molecule has 3 amide bonds. The first kappa shape index (κ1) is 37.7. The molecule has 1 saturated heterocycles. The van der Waals surface area contributed by atoms with Crippen LogP contribution in [0.4, 0.5) is 5.69 Å². The van der Waals surface area contributed by atoms with Crippen molar-refractivity contribution in [1.29, 1.82) is 0 Å². The number of hydrogen-bond donors (Lipinski definition) is 6. The Morgan fingerprint density at radius 3 is 2.11 bits per heavy atom. The van der Waals surface area contributed by atoms with Crippen molar-refractivity contribution < 1.29 is 63.0 Å². The number of aliphatic hydroxyl groups excluding tert-OH is 3. The highest BCUT2D eigenvalue weighted by molar-refractivity contribution is 7.51. The summed E-state index contributed by atoms with van der Waals surface area (Å²) in [6.45, 7) is 8.29. The summed E-state index contributed by atoms with van der Waals surface area (Å²) < 4.78 is 34.2. The van der Waals surface area contributed by atoms with Crippen LogP contribution in [-0.2, 0) is 33.2 Å². The van der Waals surface area contributed by atoms with Gasteiger partial charge in [-0.3, -0.25) is 23.8 Å². The van der Waals surface area contributed by atoms with Crippen LogP contribution < -0.4 is 10.1 Å². The highest BCUT2D eigenvalue weighted by Gasteiger charge is 2.45. The largest absolute Gasteiger partial charge is 0.462 e. The van der Waals surface area contributed by atoms with Crippen LogP contribution in [-0.4, -0.2) is 116 Å². The molecule has 0 radical (unpaired) electrons. The van der Waals surface area contributed by atoms with Crippen LogP contribution in [0.1, 0.15) is 53.4 Å². The van der Waals surface area contributed by atoms with Gasteiger partial charge in [-0.1, -0.05) is 0 Å². The Labute approximate surface area is 267 Å². The molecule has 0 unspecified atom stereocenters. The van der Waals surface area contributed by atoms with Crippen molar-refractivity contribution in [3.63, 3.8) is 0 Å². The van der Waals surface area contributed by atoms with Crippen LogP contribution >= 0.6 is 7.60 Å². The second kappa shape index (κ2) is 15.9. The third-order valence-corrected chi connectivity index (χ3v) is 8.46. The molecule has 0 saturated carbocycles. The second-order valence-electron chi connectivity index (χ2n) is 12.5. The van der Waals surface area contributed by atoms with Gasteiger partial charge in [-0.15, -0.1) is 0 Å². The Bertz CT molecular complexity index is 1260. The number of amides is 3. The first-order chi connectivity index (χ1) is 21.4. The van der Waals surface area contributed by atoms with E-state index in [4.69, 9.17) is 28.7 Å². The number of hydrogen-bond acceptors (Lipinski definition) is 11. The van der Waals surface area contributed by atoms with Crippen LogP contribution in [0.15, 0.2) is 36.4 Å². The van der Waals surface area contributed by atoms with Crippen molar-refractivity contribution in [2.45, 2.75) is 95.3 Å². The molecule has 2 aliphatic heterocycles.